The number of imidazole rings is 1. The SMILES string of the molecule is CS(=O)(=O)[n+]1cc2cccc(/C=C/c3ccccc3)n2c1. The van der Waals surface area contributed by atoms with Gasteiger partial charge in [-0.3, -0.25) is 0 Å². The van der Waals surface area contributed by atoms with Gasteiger partial charge in [-0.15, -0.1) is 3.97 Å². The molecule has 4 nitrogen and oxygen atoms in total. The van der Waals surface area contributed by atoms with Gasteiger partial charge in [0.15, 0.2) is 11.7 Å². The van der Waals surface area contributed by atoms with E-state index in [0.29, 0.717) is 0 Å². The quantitative estimate of drug-likeness (QED) is 0.696. The Morgan fingerprint density at radius 1 is 1.00 bits per heavy atom. The second kappa shape index (κ2) is 5.18. The highest BCUT2D eigenvalue weighted by Gasteiger charge is 2.16. The summed E-state index contributed by atoms with van der Waals surface area (Å²) >= 11 is 0. The van der Waals surface area contributed by atoms with Crippen LogP contribution in [0.25, 0.3) is 17.7 Å². The summed E-state index contributed by atoms with van der Waals surface area (Å²) < 4.78 is 26.3. The van der Waals surface area contributed by atoms with Crippen molar-refractivity contribution in [2.24, 2.45) is 0 Å². The molecule has 2 heterocycles. The Bertz CT molecular complexity index is 910. The molecule has 106 valence electrons. The van der Waals surface area contributed by atoms with Crippen LogP contribution in [0.4, 0.5) is 0 Å². The van der Waals surface area contributed by atoms with Gasteiger partial charge in [0.25, 0.3) is 6.33 Å². The summed E-state index contributed by atoms with van der Waals surface area (Å²) in [5, 5.41) is 0. The maximum Gasteiger partial charge on any atom is 0.302 e. The number of nitrogens with zero attached hydrogens (tertiary/aromatic N) is 2. The third kappa shape index (κ3) is 2.87. The molecule has 0 unspecified atom stereocenters. The molecule has 0 aliphatic carbocycles. The first-order chi connectivity index (χ1) is 10.0. The molecule has 0 saturated carbocycles. The van der Waals surface area contributed by atoms with Gasteiger partial charge in [0.1, 0.15) is 5.69 Å². The summed E-state index contributed by atoms with van der Waals surface area (Å²) in [6.07, 6.45) is 8.34. The Labute approximate surface area is 123 Å². The van der Waals surface area contributed by atoms with Crippen molar-refractivity contribution in [2.75, 3.05) is 6.26 Å². The van der Waals surface area contributed by atoms with Crippen molar-refractivity contribution in [1.82, 2.24) is 4.40 Å². The minimum Gasteiger partial charge on any atom is -0.195 e. The molecular weight excluding hydrogens is 284 g/mol. The first-order valence-electron chi connectivity index (χ1n) is 6.50. The monoisotopic (exact) mass is 299 g/mol. The first kappa shape index (κ1) is 13.6. The van der Waals surface area contributed by atoms with Crippen molar-refractivity contribution in [1.29, 1.82) is 0 Å². The molecule has 0 aliphatic rings. The Balaban J connectivity index is 2.07. The van der Waals surface area contributed by atoms with E-state index in [1.165, 1.54) is 10.2 Å². The Morgan fingerprint density at radius 3 is 2.48 bits per heavy atom. The molecule has 2 aromatic heterocycles. The van der Waals surface area contributed by atoms with E-state index < -0.39 is 10.0 Å². The summed E-state index contributed by atoms with van der Waals surface area (Å²) in [4.78, 5) is 0. The van der Waals surface area contributed by atoms with Gasteiger partial charge in [-0.25, -0.2) is 0 Å². The van der Waals surface area contributed by atoms with Crippen LogP contribution in [-0.4, -0.2) is 19.1 Å². The highest BCUT2D eigenvalue weighted by molar-refractivity contribution is 7.84. The fourth-order valence-electron chi connectivity index (χ4n) is 2.13. The fraction of sp³-hybridized carbons (Fsp3) is 0.0625. The number of rotatable bonds is 3. The van der Waals surface area contributed by atoms with Crippen LogP contribution in [0.1, 0.15) is 11.3 Å². The summed E-state index contributed by atoms with van der Waals surface area (Å²) in [5.74, 6) is 0. The van der Waals surface area contributed by atoms with E-state index in [0.717, 1.165) is 16.8 Å². The number of fused-ring (bicyclic) bond motifs is 1. The number of aromatic nitrogens is 2. The van der Waals surface area contributed by atoms with Crippen molar-refractivity contribution >= 4 is 27.7 Å². The molecule has 0 fully saturated rings. The topological polar surface area (TPSA) is 42.4 Å². The van der Waals surface area contributed by atoms with E-state index in [-0.39, 0.29) is 0 Å². The standard InChI is InChI=1S/C16H15N2O2S/c1-21(19,20)17-12-16-9-5-8-15(18(16)13-17)11-10-14-6-3-2-4-7-14/h2-13H,1H3/q+1/b11-10+. The van der Waals surface area contributed by atoms with Crippen LogP contribution in [0.5, 0.6) is 0 Å². The molecule has 0 atom stereocenters. The van der Waals surface area contributed by atoms with Crippen molar-refractivity contribution < 1.29 is 12.4 Å². The maximum absolute atomic E-state index is 11.6. The molecule has 0 aliphatic heterocycles. The number of hydrogen-bond donors (Lipinski definition) is 0. The molecule has 0 amide bonds. The zero-order valence-electron chi connectivity index (χ0n) is 11.5. The van der Waals surface area contributed by atoms with Gasteiger partial charge in [0.2, 0.25) is 0 Å². The van der Waals surface area contributed by atoms with Crippen LogP contribution in [0.2, 0.25) is 0 Å². The van der Waals surface area contributed by atoms with Crippen LogP contribution in [0, 0.1) is 0 Å². The Morgan fingerprint density at radius 2 is 1.76 bits per heavy atom. The largest absolute Gasteiger partial charge is 0.302 e. The van der Waals surface area contributed by atoms with E-state index in [1.54, 1.807) is 12.5 Å². The lowest BCUT2D eigenvalue weighted by Gasteiger charge is -1.94. The first-order valence-corrected chi connectivity index (χ1v) is 8.35. The second-order valence-corrected chi connectivity index (χ2v) is 6.71. The molecule has 3 rings (SSSR count). The van der Waals surface area contributed by atoms with E-state index >= 15 is 0 Å². The van der Waals surface area contributed by atoms with Gasteiger partial charge in [0, 0.05) is 0 Å². The van der Waals surface area contributed by atoms with Gasteiger partial charge in [-0.1, -0.05) is 42.5 Å². The fourth-order valence-corrected chi connectivity index (χ4v) is 2.70. The van der Waals surface area contributed by atoms with Crippen molar-refractivity contribution in [3.05, 3.63) is 72.3 Å². The average molecular weight is 299 g/mol. The number of pyridine rings is 1. The van der Waals surface area contributed by atoms with Crippen molar-refractivity contribution in [3.63, 3.8) is 0 Å². The zero-order chi connectivity index (χ0) is 14.9. The third-order valence-electron chi connectivity index (χ3n) is 3.21. The zero-order valence-corrected chi connectivity index (χ0v) is 12.4. The lowest BCUT2D eigenvalue weighted by atomic mass is 10.2. The third-order valence-corrected chi connectivity index (χ3v) is 4.17. The van der Waals surface area contributed by atoms with Gasteiger partial charge < -0.3 is 0 Å². The van der Waals surface area contributed by atoms with Crippen LogP contribution >= 0.6 is 0 Å². The van der Waals surface area contributed by atoms with Crippen LogP contribution in [0.3, 0.4) is 0 Å². The summed E-state index contributed by atoms with van der Waals surface area (Å²) in [6, 6.07) is 15.7. The van der Waals surface area contributed by atoms with Crippen LogP contribution in [-0.2, 0) is 10.0 Å². The number of hydrogen-bond acceptors (Lipinski definition) is 2. The molecule has 0 N–H and O–H groups in total. The van der Waals surface area contributed by atoms with E-state index in [2.05, 4.69) is 0 Å². The molecule has 3 aromatic rings. The molecule has 0 radical (unpaired) electrons. The minimum absolute atomic E-state index is 0.829. The Kier molecular flexibility index (Phi) is 3.35. The molecule has 21 heavy (non-hydrogen) atoms. The summed E-state index contributed by atoms with van der Waals surface area (Å²) in [5.41, 5.74) is 2.84. The smallest absolute Gasteiger partial charge is 0.195 e. The van der Waals surface area contributed by atoms with Crippen molar-refractivity contribution in [2.45, 2.75) is 0 Å². The van der Waals surface area contributed by atoms with E-state index in [4.69, 9.17) is 0 Å². The van der Waals surface area contributed by atoms with Crippen molar-refractivity contribution in [3.8, 4) is 0 Å². The molecule has 0 saturated heterocycles. The molecule has 1 aromatic carbocycles. The highest BCUT2D eigenvalue weighted by atomic mass is 32.2. The average Bonchev–Trinajstić information content (AvgIpc) is 2.91. The van der Waals surface area contributed by atoms with Crippen LogP contribution in [0.15, 0.2) is 61.1 Å². The highest BCUT2D eigenvalue weighted by Crippen LogP contribution is 2.11. The number of benzene rings is 1. The molecule has 0 spiro atoms. The van der Waals surface area contributed by atoms with Crippen LogP contribution < -0.4 is 3.97 Å². The molecule has 0 bridgehead atoms. The maximum atomic E-state index is 11.6. The van der Waals surface area contributed by atoms with E-state index in [1.807, 2.05) is 65.1 Å². The predicted octanol–water partition coefficient (Wildman–Crippen LogP) is 2.20. The summed E-state index contributed by atoms with van der Waals surface area (Å²) in [6.45, 7) is 0. The molecule has 5 heteroatoms. The lowest BCUT2D eigenvalue weighted by molar-refractivity contribution is -0.508. The van der Waals surface area contributed by atoms with E-state index in [9.17, 15) is 8.42 Å². The second-order valence-electron chi connectivity index (χ2n) is 4.83. The minimum atomic E-state index is -3.28. The Hall–Kier alpha value is -2.40. The summed E-state index contributed by atoms with van der Waals surface area (Å²) in [7, 11) is -3.28. The van der Waals surface area contributed by atoms with Gasteiger partial charge >= 0.3 is 10.0 Å². The predicted molar refractivity (Wildman–Crippen MR) is 83.2 cm³/mol. The van der Waals surface area contributed by atoms with Gasteiger partial charge in [-0.2, -0.15) is 12.8 Å². The van der Waals surface area contributed by atoms with Gasteiger partial charge in [-0.05, 0) is 23.8 Å². The molecular formula is C16H15N2O2S+. The van der Waals surface area contributed by atoms with Gasteiger partial charge in [0.05, 0.1) is 6.26 Å². The lowest BCUT2D eigenvalue weighted by Crippen LogP contribution is -2.39. The normalized spacial score (nSPS) is 12.2.